The fourth-order valence-electron chi connectivity index (χ4n) is 2.03. The third-order valence-electron chi connectivity index (χ3n) is 3.54. The SMILES string of the molecule is COC(=O)c1ccc(CNC(=O)CSc2nnc(C3CC3)o2)cc1. The Balaban J connectivity index is 1.42. The third kappa shape index (κ3) is 4.35. The number of aromatic nitrogens is 2. The van der Waals surface area contributed by atoms with Crippen molar-refractivity contribution in [3.63, 3.8) is 0 Å². The summed E-state index contributed by atoms with van der Waals surface area (Å²) in [7, 11) is 1.34. The molecule has 0 atom stereocenters. The zero-order chi connectivity index (χ0) is 16.9. The Bertz CT molecular complexity index is 725. The van der Waals surface area contributed by atoms with Crippen molar-refractivity contribution < 1.29 is 18.7 Å². The van der Waals surface area contributed by atoms with E-state index >= 15 is 0 Å². The first kappa shape index (κ1) is 16.5. The van der Waals surface area contributed by atoms with E-state index in [4.69, 9.17) is 4.42 Å². The van der Waals surface area contributed by atoms with Crippen LogP contribution in [0.2, 0.25) is 0 Å². The predicted octanol–water partition coefficient (Wildman–Crippen LogP) is 2.14. The summed E-state index contributed by atoms with van der Waals surface area (Å²) in [5.74, 6) is 0.791. The van der Waals surface area contributed by atoms with Gasteiger partial charge in [-0.25, -0.2) is 4.79 Å². The molecule has 7 nitrogen and oxygen atoms in total. The number of benzene rings is 1. The van der Waals surface area contributed by atoms with Crippen LogP contribution in [-0.2, 0) is 16.1 Å². The van der Waals surface area contributed by atoms with Gasteiger partial charge in [0.05, 0.1) is 18.4 Å². The monoisotopic (exact) mass is 347 g/mol. The van der Waals surface area contributed by atoms with Crippen LogP contribution in [0.4, 0.5) is 0 Å². The summed E-state index contributed by atoms with van der Waals surface area (Å²) in [6.45, 7) is 0.387. The number of methoxy groups -OCH3 is 1. The molecule has 1 N–H and O–H groups in total. The minimum atomic E-state index is -0.382. The van der Waals surface area contributed by atoms with E-state index < -0.39 is 0 Å². The van der Waals surface area contributed by atoms with Crippen molar-refractivity contribution in [2.45, 2.75) is 30.5 Å². The van der Waals surface area contributed by atoms with Crippen LogP contribution in [0.25, 0.3) is 0 Å². The van der Waals surface area contributed by atoms with Gasteiger partial charge in [0.15, 0.2) is 0 Å². The molecule has 0 spiro atoms. The summed E-state index contributed by atoms with van der Waals surface area (Å²) in [5, 5.41) is 11.1. The quantitative estimate of drug-likeness (QED) is 0.606. The Morgan fingerprint density at radius 3 is 2.71 bits per heavy atom. The molecule has 1 aliphatic rings. The van der Waals surface area contributed by atoms with Crippen LogP contribution in [0.5, 0.6) is 0 Å². The minimum Gasteiger partial charge on any atom is -0.465 e. The highest BCUT2D eigenvalue weighted by Gasteiger charge is 2.29. The average molecular weight is 347 g/mol. The van der Waals surface area contributed by atoms with E-state index in [9.17, 15) is 9.59 Å². The number of esters is 1. The highest BCUT2D eigenvalue weighted by molar-refractivity contribution is 7.99. The first-order chi connectivity index (χ1) is 11.7. The van der Waals surface area contributed by atoms with Crippen molar-refractivity contribution in [3.05, 3.63) is 41.3 Å². The Morgan fingerprint density at radius 2 is 2.04 bits per heavy atom. The molecule has 0 radical (unpaired) electrons. The maximum atomic E-state index is 11.9. The Morgan fingerprint density at radius 1 is 1.29 bits per heavy atom. The van der Waals surface area contributed by atoms with Gasteiger partial charge in [0.25, 0.3) is 5.22 Å². The topological polar surface area (TPSA) is 94.3 Å². The molecule has 1 heterocycles. The highest BCUT2D eigenvalue weighted by Crippen LogP contribution is 2.39. The number of hydrogen-bond donors (Lipinski definition) is 1. The number of nitrogens with zero attached hydrogens (tertiary/aromatic N) is 2. The molecule has 1 fully saturated rings. The van der Waals surface area contributed by atoms with Crippen molar-refractivity contribution in [2.24, 2.45) is 0 Å². The summed E-state index contributed by atoms with van der Waals surface area (Å²) in [5.41, 5.74) is 1.38. The third-order valence-corrected chi connectivity index (χ3v) is 4.36. The smallest absolute Gasteiger partial charge is 0.337 e. The maximum Gasteiger partial charge on any atom is 0.337 e. The molecule has 1 aromatic heterocycles. The lowest BCUT2D eigenvalue weighted by Crippen LogP contribution is -2.24. The Labute approximate surface area is 143 Å². The Kier molecular flexibility index (Phi) is 5.14. The normalized spacial score (nSPS) is 13.5. The fraction of sp³-hybridized carbons (Fsp3) is 0.375. The van der Waals surface area contributed by atoms with E-state index in [1.807, 2.05) is 0 Å². The molecule has 0 bridgehead atoms. The fourth-order valence-corrected chi connectivity index (χ4v) is 2.63. The molecule has 2 aromatic rings. The number of nitrogens with one attached hydrogen (secondary N) is 1. The number of carbonyl (C=O) groups excluding carboxylic acids is 2. The van der Waals surface area contributed by atoms with Crippen LogP contribution in [-0.4, -0.2) is 34.9 Å². The van der Waals surface area contributed by atoms with E-state index in [0.717, 1.165) is 18.4 Å². The van der Waals surface area contributed by atoms with Crippen molar-refractivity contribution in [1.29, 1.82) is 0 Å². The van der Waals surface area contributed by atoms with E-state index in [1.54, 1.807) is 24.3 Å². The van der Waals surface area contributed by atoms with Crippen molar-refractivity contribution in [2.75, 3.05) is 12.9 Å². The van der Waals surface area contributed by atoms with Gasteiger partial charge in [-0.2, -0.15) is 0 Å². The van der Waals surface area contributed by atoms with Gasteiger partial charge in [0, 0.05) is 12.5 Å². The van der Waals surface area contributed by atoms with Gasteiger partial charge in [-0.3, -0.25) is 4.79 Å². The van der Waals surface area contributed by atoms with Crippen LogP contribution in [0.3, 0.4) is 0 Å². The van der Waals surface area contributed by atoms with Gasteiger partial charge in [-0.15, -0.1) is 10.2 Å². The molecule has 24 heavy (non-hydrogen) atoms. The molecule has 0 saturated heterocycles. The largest absolute Gasteiger partial charge is 0.465 e. The summed E-state index contributed by atoms with van der Waals surface area (Å²) >= 11 is 1.23. The lowest BCUT2D eigenvalue weighted by atomic mass is 10.1. The van der Waals surface area contributed by atoms with Crippen molar-refractivity contribution >= 4 is 23.6 Å². The van der Waals surface area contributed by atoms with Crippen LogP contribution in [0, 0.1) is 0 Å². The van der Waals surface area contributed by atoms with Gasteiger partial charge in [0.1, 0.15) is 0 Å². The molecule has 1 amide bonds. The van der Waals surface area contributed by atoms with Gasteiger partial charge >= 0.3 is 5.97 Å². The first-order valence-corrected chi connectivity index (χ1v) is 8.54. The summed E-state index contributed by atoms with van der Waals surface area (Å²) in [4.78, 5) is 23.2. The molecule has 1 aliphatic carbocycles. The number of amides is 1. The zero-order valence-electron chi connectivity index (χ0n) is 13.2. The van der Waals surface area contributed by atoms with E-state index in [-0.39, 0.29) is 17.6 Å². The van der Waals surface area contributed by atoms with Gasteiger partial charge < -0.3 is 14.5 Å². The first-order valence-electron chi connectivity index (χ1n) is 7.56. The van der Waals surface area contributed by atoms with E-state index in [0.29, 0.717) is 29.1 Å². The second-order valence-corrected chi connectivity index (χ2v) is 6.36. The molecular formula is C16H17N3O4S. The maximum absolute atomic E-state index is 11.9. The lowest BCUT2D eigenvalue weighted by molar-refractivity contribution is -0.118. The molecule has 3 rings (SSSR count). The molecule has 0 unspecified atom stereocenters. The Hall–Kier alpha value is -2.35. The average Bonchev–Trinajstić information content (AvgIpc) is 3.36. The second-order valence-electron chi connectivity index (χ2n) is 5.43. The number of ether oxygens (including phenoxy) is 1. The molecular weight excluding hydrogens is 330 g/mol. The van der Waals surface area contributed by atoms with Crippen LogP contribution >= 0.6 is 11.8 Å². The molecule has 1 aromatic carbocycles. The van der Waals surface area contributed by atoms with Crippen LogP contribution in [0.15, 0.2) is 33.9 Å². The molecule has 1 saturated carbocycles. The number of rotatable bonds is 7. The predicted molar refractivity (Wildman–Crippen MR) is 86.6 cm³/mol. The summed E-state index contributed by atoms with van der Waals surface area (Å²) < 4.78 is 10.1. The van der Waals surface area contributed by atoms with Crippen molar-refractivity contribution in [1.82, 2.24) is 15.5 Å². The minimum absolute atomic E-state index is 0.122. The number of hydrogen-bond acceptors (Lipinski definition) is 7. The molecule has 126 valence electrons. The van der Waals surface area contributed by atoms with Crippen molar-refractivity contribution in [3.8, 4) is 0 Å². The van der Waals surface area contributed by atoms with E-state index in [2.05, 4.69) is 20.3 Å². The lowest BCUT2D eigenvalue weighted by Gasteiger charge is -2.05. The summed E-state index contributed by atoms with van der Waals surface area (Å²) in [6.07, 6.45) is 2.20. The zero-order valence-corrected chi connectivity index (χ0v) is 14.0. The number of carbonyl (C=O) groups is 2. The van der Waals surface area contributed by atoms with E-state index in [1.165, 1.54) is 18.9 Å². The number of thioether (sulfide) groups is 1. The van der Waals surface area contributed by atoms with Gasteiger partial charge in [-0.05, 0) is 30.5 Å². The summed E-state index contributed by atoms with van der Waals surface area (Å²) in [6, 6.07) is 6.89. The molecule has 8 heteroatoms. The molecule has 0 aliphatic heterocycles. The van der Waals surface area contributed by atoms with Gasteiger partial charge in [0.2, 0.25) is 11.8 Å². The standard InChI is InChI=1S/C16H17N3O4S/c1-22-15(21)12-4-2-10(3-5-12)8-17-13(20)9-24-16-19-18-14(23-16)11-6-7-11/h2-5,11H,6-9H2,1H3,(H,17,20). The van der Waals surface area contributed by atoms with Crippen LogP contribution < -0.4 is 5.32 Å². The second kappa shape index (κ2) is 7.48. The van der Waals surface area contributed by atoms with Crippen LogP contribution in [0.1, 0.15) is 40.6 Å². The van der Waals surface area contributed by atoms with Gasteiger partial charge in [-0.1, -0.05) is 23.9 Å². The highest BCUT2D eigenvalue weighted by atomic mass is 32.2.